The number of benzene rings is 1. The monoisotopic (exact) mass is 346 g/mol. The summed E-state index contributed by atoms with van der Waals surface area (Å²) in [6, 6.07) is 4.20. The normalized spacial score (nSPS) is 11.1. The lowest BCUT2D eigenvalue weighted by Crippen LogP contribution is -2.26. The number of carbonyl (C=O) groups excluding carboxylic acids is 1. The predicted octanol–water partition coefficient (Wildman–Crippen LogP) is 3.88. The zero-order valence-corrected chi connectivity index (χ0v) is 12.1. The molecule has 2 aromatic rings. The van der Waals surface area contributed by atoms with E-state index in [9.17, 15) is 22.8 Å². The summed E-state index contributed by atoms with van der Waals surface area (Å²) in [5, 5.41) is 10.9. The molecule has 0 aliphatic heterocycles. The first-order valence-corrected chi connectivity index (χ1v) is 6.37. The number of carboxylic acid groups (broad SMARTS) is 1. The molecule has 0 saturated heterocycles. The van der Waals surface area contributed by atoms with Gasteiger partial charge in [-0.3, -0.25) is 0 Å². The van der Waals surface area contributed by atoms with Crippen molar-refractivity contribution in [3.8, 4) is 0 Å². The molecule has 0 radical (unpaired) electrons. The highest BCUT2D eigenvalue weighted by atomic mass is 32.1. The Morgan fingerprint density at radius 1 is 1.26 bits per heavy atom. The number of aromatic carboxylic acids is 1. The molecule has 0 spiro atoms. The van der Waals surface area contributed by atoms with E-state index in [1.807, 2.05) is 0 Å². The number of anilines is 2. The number of urea groups is 1. The fourth-order valence-electron chi connectivity index (χ4n) is 1.62. The molecule has 0 aliphatic rings. The lowest BCUT2D eigenvalue weighted by atomic mass is 10.2. The van der Waals surface area contributed by atoms with Gasteiger partial charge < -0.3 is 14.8 Å². The Labute approximate surface area is 133 Å². The van der Waals surface area contributed by atoms with Crippen molar-refractivity contribution in [2.45, 2.75) is 6.18 Å². The first kappa shape index (κ1) is 16.7. The van der Waals surface area contributed by atoms with E-state index < -0.39 is 29.5 Å². The van der Waals surface area contributed by atoms with Crippen molar-refractivity contribution in [1.29, 1.82) is 0 Å². The number of hydrogen-bond acceptors (Lipinski definition) is 4. The maximum Gasteiger partial charge on any atom is 0.416 e. The molecule has 2 rings (SSSR count). The van der Waals surface area contributed by atoms with Crippen molar-refractivity contribution in [1.82, 2.24) is 0 Å². The lowest BCUT2D eigenvalue weighted by molar-refractivity contribution is -0.137. The van der Waals surface area contributed by atoms with E-state index in [-0.39, 0.29) is 11.4 Å². The Kier molecular flexibility index (Phi) is 4.55. The Hall–Kier alpha value is -2.62. The Balaban J connectivity index is 2.13. The second-order valence-corrected chi connectivity index (χ2v) is 4.69. The lowest BCUT2D eigenvalue weighted by Gasteiger charge is -2.15. The summed E-state index contributed by atoms with van der Waals surface area (Å²) in [6.45, 7) is 0. The largest absolute Gasteiger partial charge is 0.475 e. The molecule has 0 bridgehead atoms. The van der Waals surface area contributed by atoms with E-state index in [0.29, 0.717) is 4.31 Å². The summed E-state index contributed by atoms with van der Waals surface area (Å²) in [5.41, 5.74) is -1.00. The number of nitrogens with zero attached hydrogens (tertiary/aromatic N) is 1. The number of nitrogens with one attached hydrogen (secondary N) is 1. The first-order valence-electron chi connectivity index (χ1n) is 5.97. The summed E-state index contributed by atoms with van der Waals surface area (Å²) < 4.78 is 43.2. The highest BCUT2D eigenvalue weighted by Gasteiger charge is 2.30. The minimum absolute atomic E-state index is 0.00945. The van der Waals surface area contributed by atoms with Crippen LogP contribution >= 0.6 is 12.8 Å². The molecule has 122 valence electrons. The Morgan fingerprint density at radius 3 is 2.52 bits per heavy atom. The van der Waals surface area contributed by atoms with Crippen LogP contribution < -0.4 is 9.62 Å². The van der Waals surface area contributed by atoms with Crippen molar-refractivity contribution in [2.75, 3.05) is 9.62 Å². The number of carbonyl (C=O) groups is 2. The van der Waals surface area contributed by atoms with E-state index in [4.69, 9.17) is 9.52 Å². The van der Waals surface area contributed by atoms with Gasteiger partial charge in [-0.15, -0.1) is 0 Å². The van der Waals surface area contributed by atoms with Gasteiger partial charge in [0, 0.05) is 11.8 Å². The van der Waals surface area contributed by atoms with Crippen molar-refractivity contribution in [3.05, 3.63) is 47.9 Å². The van der Waals surface area contributed by atoms with Crippen molar-refractivity contribution < 1.29 is 32.3 Å². The van der Waals surface area contributed by atoms with Gasteiger partial charge in [-0.1, -0.05) is 18.9 Å². The van der Waals surface area contributed by atoms with Crippen LogP contribution in [-0.4, -0.2) is 17.1 Å². The van der Waals surface area contributed by atoms with Crippen LogP contribution in [0.5, 0.6) is 0 Å². The molecule has 0 fully saturated rings. The summed E-state index contributed by atoms with van der Waals surface area (Å²) in [4.78, 5) is 22.6. The number of rotatable bonds is 3. The zero-order valence-electron chi connectivity index (χ0n) is 11.2. The molecule has 10 heteroatoms. The third-order valence-corrected chi connectivity index (χ3v) is 3.09. The molecule has 6 nitrogen and oxygen atoms in total. The van der Waals surface area contributed by atoms with Gasteiger partial charge in [0.05, 0.1) is 11.3 Å². The van der Waals surface area contributed by atoms with E-state index in [1.54, 1.807) is 0 Å². The summed E-state index contributed by atoms with van der Waals surface area (Å²) in [7, 11) is 0. The smallest absolute Gasteiger partial charge is 0.416 e. The maximum atomic E-state index is 12.6. The van der Waals surface area contributed by atoms with Crippen LogP contribution in [0.3, 0.4) is 0 Å². The molecule has 1 aromatic heterocycles. The molecular weight excluding hydrogens is 337 g/mol. The third-order valence-electron chi connectivity index (χ3n) is 2.67. The summed E-state index contributed by atoms with van der Waals surface area (Å²) >= 11 is 3.86. The van der Waals surface area contributed by atoms with Crippen LogP contribution in [0.4, 0.5) is 29.3 Å². The van der Waals surface area contributed by atoms with Crippen LogP contribution in [-0.2, 0) is 6.18 Å². The number of carboxylic acids is 1. The van der Waals surface area contributed by atoms with Crippen molar-refractivity contribution in [3.63, 3.8) is 0 Å². The van der Waals surface area contributed by atoms with Crippen LogP contribution in [0.2, 0.25) is 0 Å². The summed E-state index contributed by atoms with van der Waals surface area (Å²) in [5.74, 6) is -1.75. The van der Waals surface area contributed by atoms with E-state index >= 15 is 0 Å². The number of thiol groups is 1. The molecule has 1 heterocycles. The molecule has 0 saturated carbocycles. The van der Waals surface area contributed by atoms with E-state index in [2.05, 4.69) is 18.1 Å². The van der Waals surface area contributed by atoms with Gasteiger partial charge in [-0.25, -0.2) is 13.9 Å². The van der Waals surface area contributed by atoms with Crippen LogP contribution in [0.1, 0.15) is 16.1 Å². The quantitative estimate of drug-likeness (QED) is 0.737. The molecule has 0 aliphatic carbocycles. The van der Waals surface area contributed by atoms with Gasteiger partial charge in [0.2, 0.25) is 5.76 Å². The zero-order chi connectivity index (χ0) is 17.2. The third kappa shape index (κ3) is 3.97. The average Bonchev–Trinajstić information content (AvgIpc) is 2.95. The summed E-state index contributed by atoms with van der Waals surface area (Å²) in [6.07, 6.45) is -3.56. The molecule has 0 unspecified atom stereocenters. The highest BCUT2D eigenvalue weighted by Crippen LogP contribution is 2.31. The van der Waals surface area contributed by atoms with Crippen LogP contribution in [0, 0.1) is 0 Å². The van der Waals surface area contributed by atoms with Gasteiger partial charge in [-0.05, 0) is 18.2 Å². The maximum absolute atomic E-state index is 12.6. The van der Waals surface area contributed by atoms with Gasteiger partial charge in [0.1, 0.15) is 6.26 Å². The first-order chi connectivity index (χ1) is 10.7. The Morgan fingerprint density at radius 2 is 1.96 bits per heavy atom. The van der Waals surface area contributed by atoms with Crippen LogP contribution in [0.15, 0.2) is 41.0 Å². The number of halogens is 3. The van der Waals surface area contributed by atoms with Crippen LogP contribution in [0.25, 0.3) is 0 Å². The van der Waals surface area contributed by atoms with Crippen molar-refractivity contribution in [2.24, 2.45) is 0 Å². The fraction of sp³-hybridized carbons (Fsp3) is 0.0769. The number of alkyl halides is 3. The predicted molar refractivity (Wildman–Crippen MR) is 77.6 cm³/mol. The number of furan rings is 1. The average molecular weight is 346 g/mol. The second kappa shape index (κ2) is 6.24. The standard InChI is InChI=1S/C13H9F3N2O4S/c14-13(15,16)7-2-1-3-8(4-7)17-12(21)18(23)9-5-10(11(19)20)22-6-9/h1-6,23H,(H,17,21)(H,19,20). The SMILES string of the molecule is O=C(O)c1cc(N(S)C(=O)Nc2cccc(C(F)(F)F)c2)co1. The minimum Gasteiger partial charge on any atom is -0.475 e. The molecule has 2 amide bonds. The molecule has 0 atom stereocenters. The molecule has 2 N–H and O–H groups in total. The van der Waals surface area contributed by atoms with E-state index in [0.717, 1.165) is 30.5 Å². The van der Waals surface area contributed by atoms with Gasteiger partial charge >= 0.3 is 18.2 Å². The number of amides is 2. The fourth-order valence-corrected chi connectivity index (χ4v) is 1.77. The topological polar surface area (TPSA) is 82.8 Å². The molecular formula is C13H9F3N2O4S. The second-order valence-electron chi connectivity index (χ2n) is 4.29. The van der Waals surface area contributed by atoms with Gasteiger partial charge in [0.15, 0.2) is 0 Å². The number of hydrogen-bond donors (Lipinski definition) is 3. The Bertz CT molecular complexity index is 745. The molecule has 1 aromatic carbocycles. The minimum atomic E-state index is -4.54. The van der Waals surface area contributed by atoms with Crippen molar-refractivity contribution >= 4 is 36.2 Å². The van der Waals surface area contributed by atoms with E-state index in [1.165, 1.54) is 6.07 Å². The van der Waals surface area contributed by atoms with Gasteiger partial charge in [-0.2, -0.15) is 13.2 Å². The highest BCUT2D eigenvalue weighted by molar-refractivity contribution is 7.82. The molecule has 23 heavy (non-hydrogen) atoms. The van der Waals surface area contributed by atoms with Gasteiger partial charge in [0.25, 0.3) is 0 Å².